The maximum Gasteiger partial charge on any atom is 0.306 e. The molecule has 2 N–H and O–H groups in total. The number of amides is 1. The van der Waals surface area contributed by atoms with Crippen LogP contribution < -0.4 is 5.32 Å². The number of ether oxygens (including phenoxy) is 1. The minimum atomic E-state index is -0.931. The molecule has 2 rings (SSSR count). The van der Waals surface area contributed by atoms with Crippen LogP contribution in [0.4, 0.5) is 0 Å². The van der Waals surface area contributed by atoms with Crippen molar-refractivity contribution >= 4 is 11.9 Å². The van der Waals surface area contributed by atoms with Crippen LogP contribution >= 0.6 is 0 Å². The standard InChI is InChI=1S/C16H21NO4/c1-21-12(9-15(18)19)10-17-16(20)14-8-4-6-11-5-2-3-7-13(11)14/h2-3,5,7,12,14H,4,6,8-10H2,1H3,(H,17,20)(H,18,19). The fraction of sp³-hybridized carbons (Fsp3) is 0.500. The lowest BCUT2D eigenvalue weighted by Gasteiger charge is -2.25. The van der Waals surface area contributed by atoms with Crippen LogP contribution in [0.25, 0.3) is 0 Å². The van der Waals surface area contributed by atoms with E-state index in [0.717, 1.165) is 24.8 Å². The van der Waals surface area contributed by atoms with Gasteiger partial charge in [0.1, 0.15) is 0 Å². The summed E-state index contributed by atoms with van der Waals surface area (Å²) in [5.74, 6) is -1.12. The first kappa shape index (κ1) is 15.5. The van der Waals surface area contributed by atoms with E-state index in [-0.39, 0.29) is 24.8 Å². The summed E-state index contributed by atoms with van der Waals surface area (Å²) in [6, 6.07) is 8.01. The molecule has 1 aromatic rings. The average molecular weight is 291 g/mol. The predicted octanol–water partition coefficient (Wildman–Crippen LogP) is 1.71. The molecule has 1 aliphatic carbocycles. The van der Waals surface area contributed by atoms with Gasteiger partial charge in [-0.25, -0.2) is 0 Å². The van der Waals surface area contributed by atoms with Crippen LogP contribution in [0.1, 0.15) is 36.3 Å². The minimum Gasteiger partial charge on any atom is -0.481 e. The maximum atomic E-state index is 12.4. The molecule has 2 unspecified atom stereocenters. The Morgan fingerprint density at radius 2 is 2.19 bits per heavy atom. The van der Waals surface area contributed by atoms with Gasteiger partial charge in [-0.3, -0.25) is 9.59 Å². The van der Waals surface area contributed by atoms with Crippen LogP contribution in [0.15, 0.2) is 24.3 Å². The minimum absolute atomic E-state index is 0.0467. The van der Waals surface area contributed by atoms with Gasteiger partial charge in [-0.05, 0) is 30.4 Å². The number of carbonyl (C=O) groups is 2. The zero-order chi connectivity index (χ0) is 15.2. The molecule has 114 valence electrons. The van der Waals surface area contributed by atoms with Crippen molar-refractivity contribution in [2.24, 2.45) is 0 Å². The Hall–Kier alpha value is -1.88. The van der Waals surface area contributed by atoms with Crippen LogP contribution in [-0.4, -0.2) is 36.7 Å². The smallest absolute Gasteiger partial charge is 0.306 e. The number of benzene rings is 1. The Morgan fingerprint density at radius 1 is 1.43 bits per heavy atom. The molecule has 0 saturated heterocycles. The van der Waals surface area contributed by atoms with Crippen LogP contribution in [0.3, 0.4) is 0 Å². The number of hydrogen-bond acceptors (Lipinski definition) is 3. The van der Waals surface area contributed by atoms with E-state index in [0.29, 0.717) is 0 Å². The van der Waals surface area contributed by atoms with Crippen molar-refractivity contribution in [1.29, 1.82) is 0 Å². The van der Waals surface area contributed by atoms with E-state index in [2.05, 4.69) is 11.4 Å². The van der Waals surface area contributed by atoms with Crippen molar-refractivity contribution in [2.45, 2.75) is 37.7 Å². The zero-order valence-electron chi connectivity index (χ0n) is 12.2. The van der Waals surface area contributed by atoms with Gasteiger partial charge in [0.25, 0.3) is 0 Å². The Labute approximate surface area is 124 Å². The third-order valence-electron chi connectivity index (χ3n) is 3.93. The number of methoxy groups -OCH3 is 1. The highest BCUT2D eigenvalue weighted by Crippen LogP contribution is 2.31. The first-order valence-electron chi connectivity index (χ1n) is 7.22. The molecule has 0 heterocycles. The second-order valence-corrected chi connectivity index (χ2v) is 5.34. The van der Waals surface area contributed by atoms with Gasteiger partial charge < -0.3 is 15.2 Å². The van der Waals surface area contributed by atoms with Gasteiger partial charge >= 0.3 is 5.97 Å². The second-order valence-electron chi connectivity index (χ2n) is 5.34. The van der Waals surface area contributed by atoms with Crippen molar-refractivity contribution in [3.8, 4) is 0 Å². The van der Waals surface area contributed by atoms with Crippen LogP contribution in [0.5, 0.6) is 0 Å². The molecule has 2 atom stereocenters. The number of aryl methyl sites for hydroxylation is 1. The van der Waals surface area contributed by atoms with Crippen molar-refractivity contribution < 1.29 is 19.4 Å². The fourth-order valence-electron chi connectivity index (χ4n) is 2.80. The first-order valence-corrected chi connectivity index (χ1v) is 7.22. The number of fused-ring (bicyclic) bond motifs is 1. The maximum absolute atomic E-state index is 12.4. The summed E-state index contributed by atoms with van der Waals surface area (Å²) in [5, 5.41) is 11.6. The van der Waals surface area contributed by atoms with Crippen LogP contribution in [0, 0.1) is 0 Å². The van der Waals surface area contributed by atoms with Crippen LogP contribution in [-0.2, 0) is 20.7 Å². The van der Waals surface area contributed by atoms with Gasteiger partial charge in [-0.15, -0.1) is 0 Å². The largest absolute Gasteiger partial charge is 0.481 e. The van der Waals surface area contributed by atoms with Crippen LogP contribution in [0.2, 0.25) is 0 Å². The Morgan fingerprint density at radius 3 is 2.90 bits per heavy atom. The van der Waals surface area contributed by atoms with E-state index in [1.165, 1.54) is 12.7 Å². The lowest BCUT2D eigenvalue weighted by atomic mass is 9.82. The summed E-state index contributed by atoms with van der Waals surface area (Å²) in [6.07, 6.45) is 2.24. The summed E-state index contributed by atoms with van der Waals surface area (Å²) in [4.78, 5) is 23.0. The summed E-state index contributed by atoms with van der Waals surface area (Å²) >= 11 is 0. The van der Waals surface area contributed by atoms with E-state index in [1.807, 2.05) is 18.2 Å². The van der Waals surface area contributed by atoms with Gasteiger partial charge in [0.15, 0.2) is 0 Å². The second kappa shape index (κ2) is 7.22. The van der Waals surface area contributed by atoms with Crippen molar-refractivity contribution in [2.75, 3.05) is 13.7 Å². The quantitative estimate of drug-likeness (QED) is 0.836. The Bertz CT molecular complexity index is 515. The molecule has 1 aromatic carbocycles. The number of nitrogens with one attached hydrogen (secondary N) is 1. The molecular weight excluding hydrogens is 270 g/mol. The molecular formula is C16H21NO4. The van der Waals surface area contributed by atoms with E-state index in [1.54, 1.807) is 0 Å². The predicted molar refractivity (Wildman–Crippen MR) is 78.2 cm³/mol. The van der Waals surface area contributed by atoms with E-state index in [9.17, 15) is 9.59 Å². The van der Waals surface area contributed by atoms with E-state index in [4.69, 9.17) is 9.84 Å². The average Bonchev–Trinajstić information content (AvgIpc) is 2.50. The summed E-state index contributed by atoms with van der Waals surface area (Å²) in [7, 11) is 1.45. The molecule has 5 heteroatoms. The van der Waals surface area contributed by atoms with Gasteiger partial charge in [0, 0.05) is 13.7 Å². The number of carboxylic acid groups (broad SMARTS) is 1. The molecule has 1 amide bonds. The van der Waals surface area contributed by atoms with Gasteiger partial charge in [-0.1, -0.05) is 24.3 Å². The number of aliphatic carboxylic acids is 1. The molecule has 0 bridgehead atoms. The molecule has 0 spiro atoms. The van der Waals surface area contributed by atoms with E-state index < -0.39 is 12.1 Å². The fourth-order valence-corrected chi connectivity index (χ4v) is 2.80. The van der Waals surface area contributed by atoms with Crippen molar-refractivity contribution in [3.05, 3.63) is 35.4 Å². The molecule has 0 saturated carbocycles. The van der Waals surface area contributed by atoms with E-state index >= 15 is 0 Å². The highest BCUT2D eigenvalue weighted by Gasteiger charge is 2.26. The third kappa shape index (κ3) is 4.04. The molecule has 1 aliphatic rings. The molecule has 21 heavy (non-hydrogen) atoms. The monoisotopic (exact) mass is 291 g/mol. The number of carbonyl (C=O) groups excluding carboxylic acids is 1. The third-order valence-corrected chi connectivity index (χ3v) is 3.93. The molecule has 0 aliphatic heterocycles. The number of carboxylic acids is 1. The van der Waals surface area contributed by atoms with Crippen molar-refractivity contribution in [3.63, 3.8) is 0 Å². The molecule has 0 radical (unpaired) electrons. The van der Waals surface area contributed by atoms with Gasteiger partial charge in [0.05, 0.1) is 18.4 Å². The number of rotatable bonds is 6. The lowest BCUT2D eigenvalue weighted by Crippen LogP contribution is -2.38. The lowest BCUT2D eigenvalue weighted by molar-refractivity contribution is -0.140. The zero-order valence-corrected chi connectivity index (χ0v) is 12.2. The summed E-state index contributed by atoms with van der Waals surface area (Å²) in [5.41, 5.74) is 2.33. The normalized spacial score (nSPS) is 18.6. The highest BCUT2D eigenvalue weighted by atomic mass is 16.5. The SMILES string of the molecule is COC(CNC(=O)C1CCCc2ccccc21)CC(=O)O. The summed E-state index contributed by atoms with van der Waals surface area (Å²) < 4.78 is 5.07. The number of hydrogen-bond donors (Lipinski definition) is 2. The topological polar surface area (TPSA) is 75.6 Å². The Balaban J connectivity index is 1.97. The first-order chi connectivity index (χ1) is 10.1. The summed E-state index contributed by atoms with van der Waals surface area (Å²) in [6.45, 7) is 0.223. The molecule has 5 nitrogen and oxygen atoms in total. The molecule has 0 fully saturated rings. The van der Waals surface area contributed by atoms with Gasteiger partial charge in [0.2, 0.25) is 5.91 Å². The van der Waals surface area contributed by atoms with Gasteiger partial charge in [-0.2, -0.15) is 0 Å². The highest BCUT2D eigenvalue weighted by molar-refractivity contribution is 5.84. The molecule has 0 aromatic heterocycles. The Kier molecular flexibility index (Phi) is 5.33. The van der Waals surface area contributed by atoms with Crippen molar-refractivity contribution in [1.82, 2.24) is 5.32 Å².